The second-order valence-electron chi connectivity index (χ2n) is 7.40. The molecular weight excluding hydrogens is 339 g/mol. The summed E-state index contributed by atoms with van der Waals surface area (Å²) in [5, 5.41) is 6.97. The van der Waals surface area contributed by atoms with E-state index in [-0.39, 0.29) is 29.9 Å². The average Bonchev–Trinajstić information content (AvgIpc) is 3.22. The Balaban J connectivity index is 1.53. The van der Waals surface area contributed by atoms with E-state index in [1.807, 2.05) is 20.8 Å². The van der Waals surface area contributed by atoms with Crippen LogP contribution in [0.25, 0.3) is 0 Å². The third-order valence-electron chi connectivity index (χ3n) is 3.98. The van der Waals surface area contributed by atoms with E-state index >= 15 is 0 Å². The molecule has 0 spiro atoms. The number of hydrogen-bond donors (Lipinski definition) is 1. The zero-order chi connectivity index (χ0) is 18.7. The molecule has 1 N–H and O–H groups in total. The van der Waals surface area contributed by atoms with Crippen LogP contribution in [0.2, 0.25) is 0 Å². The van der Waals surface area contributed by atoms with Gasteiger partial charge in [0, 0.05) is 24.5 Å². The first-order valence-electron chi connectivity index (χ1n) is 8.58. The lowest BCUT2D eigenvalue weighted by Gasteiger charge is -2.25. The number of nitrogens with zero attached hydrogens (tertiary/aromatic N) is 3. The van der Waals surface area contributed by atoms with Gasteiger partial charge in [0.25, 0.3) is 5.89 Å². The predicted octanol–water partition coefficient (Wildman–Crippen LogP) is 3.09. The van der Waals surface area contributed by atoms with Crippen molar-refractivity contribution < 1.29 is 18.4 Å². The van der Waals surface area contributed by atoms with Crippen LogP contribution >= 0.6 is 0 Å². The third kappa shape index (κ3) is 4.71. The predicted molar refractivity (Wildman–Crippen MR) is 92.2 cm³/mol. The number of hydrogen-bond acceptors (Lipinski definition) is 5. The van der Waals surface area contributed by atoms with Crippen molar-refractivity contribution in [2.24, 2.45) is 0 Å². The van der Waals surface area contributed by atoms with E-state index in [0.29, 0.717) is 30.6 Å². The van der Waals surface area contributed by atoms with Gasteiger partial charge in [0.05, 0.1) is 0 Å². The van der Waals surface area contributed by atoms with E-state index in [9.17, 15) is 9.18 Å². The van der Waals surface area contributed by atoms with Crippen LogP contribution in [0.15, 0.2) is 28.8 Å². The molecule has 1 atom stereocenters. The van der Waals surface area contributed by atoms with Crippen LogP contribution in [0.3, 0.4) is 0 Å². The largest absolute Gasteiger partial charge is 0.484 e. The van der Waals surface area contributed by atoms with Crippen LogP contribution in [0.1, 0.15) is 44.8 Å². The number of rotatable bonds is 4. The van der Waals surface area contributed by atoms with Gasteiger partial charge < -0.3 is 19.5 Å². The molecule has 1 aromatic carbocycles. The molecule has 1 aliphatic rings. The van der Waals surface area contributed by atoms with Gasteiger partial charge >= 0.3 is 6.03 Å². The van der Waals surface area contributed by atoms with Crippen molar-refractivity contribution in [3.05, 3.63) is 41.8 Å². The Labute approximate surface area is 151 Å². The van der Waals surface area contributed by atoms with Gasteiger partial charge in [0.2, 0.25) is 0 Å². The number of halogens is 1. The summed E-state index contributed by atoms with van der Waals surface area (Å²) >= 11 is 0. The van der Waals surface area contributed by atoms with E-state index in [4.69, 9.17) is 9.26 Å². The average molecular weight is 362 g/mol. The van der Waals surface area contributed by atoms with Crippen molar-refractivity contribution >= 4 is 6.03 Å². The molecule has 7 nitrogen and oxygen atoms in total. The van der Waals surface area contributed by atoms with Gasteiger partial charge in [0.1, 0.15) is 11.6 Å². The van der Waals surface area contributed by atoms with Crippen molar-refractivity contribution in [1.29, 1.82) is 0 Å². The summed E-state index contributed by atoms with van der Waals surface area (Å²) in [5.41, 5.74) is -0.272. The second kappa shape index (κ2) is 7.31. The van der Waals surface area contributed by atoms with Crippen molar-refractivity contribution in [2.45, 2.75) is 45.3 Å². The molecule has 0 bridgehead atoms. The Hall–Kier alpha value is -2.64. The first-order chi connectivity index (χ1) is 12.3. The molecule has 2 aromatic rings. The quantitative estimate of drug-likeness (QED) is 0.904. The van der Waals surface area contributed by atoms with E-state index in [2.05, 4.69) is 15.5 Å². The summed E-state index contributed by atoms with van der Waals surface area (Å²) < 4.78 is 23.6. The fourth-order valence-corrected chi connectivity index (χ4v) is 2.72. The first-order valence-corrected chi connectivity index (χ1v) is 8.58. The molecule has 140 valence electrons. The Morgan fingerprint density at radius 2 is 2.12 bits per heavy atom. The SMILES string of the molecule is CC(C)(C)NC(=O)N1CCC(c2noc(COc3ccc(F)cc3)n2)C1. The molecule has 2 amide bonds. The number of carbonyl (C=O) groups is 1. The molecule has 3 rings (SSSR count). The molecule has 1 aliphatic heterocycles. The van der Waals surface area contributed by atoms with Crippen molar-refractivity contribution in [2.75, 3.05) is 13.1 Å². The standard InChI is InChI=1S/C18H23FN4O3/c1-18(2,3)21-17(24)23-9-8-12(10-23)16-20-15(26-22-16)11-25-14-6-4-13(19)5-7-14/h4-7,12H,8-11H2,1-3H3,(H,21,24). The van der Waals surface area contributed by atoms with Crippen LogP contribution in [-0.4, -0.2) is 39.7 Å². The van der Waals surface area contributed by atoms with Gasteiger partial charge in [-0.3, -0.25) is 0 Å². The monoisotopic (exact) mass is 362 g/mol. The summed E-state index contributed by atoms with van der Waals surface area (Å²) in [6.07, 6.45) is 0.787. The molecule has 1 aromatic heterocycles. The van der Waals surface area contributed by atoms with Crippen molar-refractivity contribution in [1.82, 2.24) is 20.4 Å². The number of ether oxygens (including phenoxy) is 1. The lowest BCUT2D eigenvalue weighted by Crippen LogP contribution is -2.47. The number of amides is 2. The fraction of sp³-hybridized carbons (Fsp3) is 0.500. The van der Waals surface area contributed by atoms with Crippen LogP contribution in [0.5, 0.6) is 5.75 Å². The summed E-state index contributed by atoms with van der Waals surface area (Å²) in [4.78, 5) is 18.4. The Morgan fingerprint density at radius 1 is 1.38 bits per heavy atom. The maximum atomic E-state index is 12.9. The van der Waals surface area contributed by atoms with Crippen molar-refractivity contribution in [3.8, 4) is 5.75 Å². The normalized spacial score (nSPS) is 17.4. The minimum absolute atomic E-state index is 0.0454. The van der Waals surface area contributed by atoms with Gasteiger partial charge in [0.15, 0.2) is 12.4 Å². The third-order valence-corrected chi connectivity index (χ3v) is 3.98. The molecule has 1 fully saturated rings. The molecule has 1 unspecified atom stereocenters. The highest BCUT2D eigenvalue weighted by Gasteiger charge is 2.31. The summed E-state index contributed by atoms with van der Waals surface area (Å²) in [6, 6.07) is 5.64. The molecule has 26 heavy (non-hydrogen) atoms. The minimum Gasteiger partial charge on any atom is -0.484 e. The molecular formula is C18H23FN4O3. The maximum absolute atomic E-state index is 12.9. The minimum atomic E-state index is -0.321. The zero-order valence-corrected chi connectivity index (χ0v) is 15.2. The number of urea groups is 1. The van der Waals surface area contributed by atoms with Crippen LogP contribution in [-0.2, 0) is 6.61 Å². The zero-order valence-electron chi connectivity index (χ0n) is 15.2. The summed E-state index contributed by atoms with van der Waals surface area (Å²) in [6.45, 7) is 7.17. The first kappa shape index (κ1) is 18.2. The summed E-state index contributed by atoms with van der Waals surface area (Å²) in [7, 11) is 0. The van der Waals surface area contributed by atoms with Crippen LogP contribution < -0.4 is 10.1 Å². The number of likely N-dealkylation sites (tertiary alicyclic amines) is 1. The Bertz CT molecular complexity index is 755. The Morgan fingerprint density at radius 3 is 2.81 bits per heavy atom. The fourth-order valence-electron chi connectivity index (χ4n) is 2.72. The van der Waals surface area contributed by atoms with Gasteiger partial charge in [-0.1, -0.05) is 5.16 Å². The number of benzene rings is 1. The van der Waals surface area contributed by atoms with E-state index in [0.717, 1.165) is 6.42 Å². The maximum Gasteiger partial charge on any atom is 0.317 e. The van der Waals surface area contributed by atoms with Crippen molar-refractivity contribution in [3.63, 3.8) is 0 Å². The van der Waals surface area contributed by atoms with Crippen LogP contribution in [0.4, 0.5) is 9.18 Å². The molecule has 1 saturated heterocycles. The number of aromatic nitrogens is 2. The molecule has 2 heterocycles. The molecule has 0 radical (unpaired) electrons. The molecule has 8 heteroatoms. The molecule has 0 saturated carbocycles. The van der Waals surface area contributed by atoms with Gasteiger partial charge in [-0.05, 0) is 51.5 Å². The van der Waals surface area contributed by atoms with E-state index < -0.39 is 0 Å². The Kier molecular flexibility index (Phi) is 5.11. The smallest absolute Gasteiger partial charge is 0.317 e. The highest BCUT2D eigenvalue weighted by Crippen LogP contribution is 2.25. The van der Waals surface area contributed by atoms with Gasteiger partial charge in [-0.2, -0.15) is 4.98 Å². The van der Waals surface area contributed by atoms with Gasteiger partial charge in [-0.25, -0.2) is 9.18 Å². The topological polar surface area (TPSA) is 80.5 Å². The van der Waals surface area contributed by atoms with Gasteiger partial charge in [-0.15, -0.1) is 0 Å². The van der Waals surface area contributed by atoms with Crippen LogP contribution in [0, 0.1) is 5.82 Å². The highest BCUT2D eigenvalue weighted by atomic mass is 19.1. The summed E-state index contributed by atoms with van der Waals surface area (Å²) in [5.74, 6) is 1.18. The lowest BCUT2D eigenvalue weighted by atomic mass is 10.1. The molecule has 0 aliphatic carbocycles. The lowest BCUT2D eigenvalue weighted by molar-refractivity contribution is 0.198. The number of carbonyl (C=O) groups excluding carboxylic acids is 1. The number of nitrogens with one attached hydrogen (secondary N) is 1. The van der Waals surface area contributed by atoms with E-state index in [1.165, 1.54) is 24.3 Å². The second-order valence-corrected chi connectivity index (χ2v) is 7.40. The highest BCUT2D eigenvalue weighted by molar-refractivity contribution is 5.75. The van der Waals surface area contributed by atoms with E-state index in [1.54, 1.807) is 4.90 Å².